The van der Waals surface area contributed by atoms with Crippen LogP contribution in [0.3, 0.4) is 0 Å². The molecule has 1 atom stereocenters. The number of amides is 1. The minimum Gasteiger partial charge on any atom is -0.469 e. The highest BCUT2D eigenvalue weighted by molar-refractivity contribution is 7.17. The van der Waals surface area contributed by atoms with Crippen LogP contribution in [0.2, 0.25) is 0 Å². The van der Waals surface area contributed by atoms with Gasteiger partial charge < -0.3 is 14.8 Å². The average molecular weight is 404 g/mol. The van der Waals surface area contributed by atoms with Crippen molar-refractivity contribution in [3.05, 3.63) is 55.9 Å². The van der Waals surface area contributed by atoms with Crippen LogP contribution in [0, 0.1) is 10.1 Å². The number of anilines is 1. The van der Waals surface area contributed by atoms with Gasteiger partial charge in [-0.1, -0.05) is 0 Å². The van der Waals surface area contributed by atoms with Crippen LogP contribution in [0.4, 0.5) is 10.7 Å². The molecule has 1 aliphatic carbocycles. The Morgan fingerprint density at radius 1 is 1.18 bits per heavy atom. The van der Waals surface area contributed by atoms with E-state index in [-0.39, 0.29) is 21.8 Å². The lowest BCUT2D eigenvalue weighted by atomic mass is 9.99. The molecule has 0 bridgehead atoms. The summed E-state index contributed by atoms with van der Waals surface area (Å²) in [6.07, 6.45) is 1.10. The number of carbonyl (C=O) groups excluding carboxylic acids is 3. The Hall–Kier alpha value is -3.27. The minimum atomic E-state index is -0.660. The number of fused-ring (bicyclic) bond motifs is 1. The fraction of sp³-hybridized carbons (Fsp3) is 0.278. The number of esters is 2. The molecule has 0 saturated heterocycles. The van der Waals surface area contributed by atoms with Crippen LogP contribution in [0.1, 0.15) is 43.5 Å². The lowest BCUT2D eigenvalue weighted by molar-refractivity contribution is -0.384. The lowest BCUT2D eigenvalue weighted by Gasteiger charge is -2.11. The third-order valence-corrected chi connectivity index (χ3v) is 5.65. The molecule has 1 aliphatic rings. The van der Waals surface area contributed by atoms with Gasteiger partial charge in [-0.15, -0.1) is 11.3 Å². The molecule has 1 aromatic carbocycles. The van der Waals surface area contributed by atoms with E-state index in [9.17, 15) is 24.5 Å². The Kier molecular flexibility index (Phi) is 5.41. The standard InChI is InChI=1S/C18H16N2O7S/c1-26-17(22)11-7-8-12-13(11)14(18(23)27-2)16(28-12)19-15(21)9-3-5-10(6-4-9)20(24)25/h3-6,11H,7-8H2,1-2H3,(H,19,21)/t11-/m0/s1. The lowest BCUT2D eigenvalue weighted by Crippen LogP contribution is -2.17. The molecule has 2 aromatic rings. The molecule has 10 heteroatoms. The van der Waals surface area contributed by atoms with Crippen molar-refractivity contribution in [1.29, 1.82) is 0 Å². The first-order valence-electron chi connectivity index (χ1n) is 8.24. The van der Waals surface area contributed by atoms with Crippen molar-refractivity contribution in [2.24, 2.45) is 0 Å². The smallest absolute Gasteiger partial charge is 0.341 e. The molecular weight excluding hydrogens is 388 g/mol. The Labute approximate surface area is 163 Å². The van der Waals surface area contributed by atoms with Gasteiger partial charge in [0.25, 0.3) is 11.6 Å². The summed E-state index contributed by atoms with van der Waals surface area (Å²) >= 11 is 1.21. The number of ether oxygens (including phenoxy) is 2. The van der Waals surface area contributed by atoms with Crippen molar-refractivity contribution >= 4 is 39.9 Å². The molecule has 3 rings (SSSR count). The number of carbonyl (C=O) groups is 3. The molecule has 1 aromatic heterocycles. The zero-order valence-corrected chi connectivity index (χ0v) is 15.8. The average Bonchev–Trinajstić information content (AvgIpc) is 3.25. The van der Waals surface area contributed by atoms with Crippen molar-refractivity contribution in [3.63, 3.8) is 0 Å². The van der Waals surface area contributed by atoms with Gasteiger partial charge in [-0.05, 0) is 30.5 Å². The monoisotopic (exact) mass is 404 g/mol. The largest absolute Gasteiger partial charge is 0.469 e. The van der Waals surface area contributed by atoms with Crippen molar-refractivity contribution in [1.82, 2.24) is 0 Å². The van der Waals surface area contributed by atoms with Crippen LogP contribution in [-0.4, -0.2) is 37.0 Å². The Balaban J connectivity index is 1.94. The van der Waals surface area contributed by atoms with E-state index in [0.717, 1.165) is 4.88 Å². The van der Waals surface area contributed by atoms with E-state index >= 15 is 0 Å². The highest BCUT2D eigenvalue weighted by Gasteiger charge is 2.38. The topological polar surface area (TPSA) is 125 Å². The second-order valence-electron chi connectivity index (χ2n) is 6.01. The maximum atomic E-state index is 12.5. The number of rotatable bonds is 5. The first-order chi connectivity index (χ1) is 13.4. The number of thiophene rings is 1. The third-order valence-electron chi connectivity index (χ3n) is 4.47. The van der Waals surface area contributed by atoms with Gasteiger partial charge in [-0.2, -0.15) is 0 Å². The van der Waals surface area contributed by atoms with Crippen LogP contribution in [0.25, 0.3) is 0 Å². The van der Waals surface area contributed by atoms with E-state index in [1.165, 1.54) is 49.8 Å². The zero-order chi connectivity index (χ0) is 20.4. The highest BCUT2D eigenvalue weighted by Crippen LogP contribution is 2.46. The van der Waals surface area contributed by atoms with E-state index in [4.69, 9.17) is 9.47 Å². The summed E-state index contributed by atoms with van der Waals surface area (Å²) in [5.74, 6) is -2.23. The van der Waals surface area contributed by atoms with Crippen LogP contribution >= 0.6 is 11.3 Å². The van der Waals surface area contributed by atoms with E-state index in [1.54, 1.807) is 0 Å². The van der Waals surface area contributed by atoms with Crippen molar-refractivity contribution in [2.75, 3.05) is 19.5 Å². The van der Waals surface area contributed by atoms with Gasteiger partial charge >= 0.3 is 11.9 Å². The number of methoxy groups -OCH3 is 2. The van der Waals surface area contributed by atoms with Gasteiger partial charge in [-0.3, -0.25) is 19.7 Å². The molecule has 0 unspecified atom stereocenters. The summed E-state index contributed by atoms with van der Waals surface area (Å²) in [6.45, 7) is 0. The Bertz CT molecular complexity index is 965. The van der Waals surface area contributed by atoms with Crippen molar-refractivity contribution in [3.8, 4) is 0 Å². The van der Waals surface area contributed by atoms with Crippen LogP contribution in [0.5, 0.6) is 0 Å². The number of non-ortho nitro benzene ring substituents is 1. The van der Waals surface area contributed by atoms with Gasteiger partial charge in [0, 0.05) is 22.6 Å². The van der Waals surface area contributed by atoms with E-state index in [2.05, 4.69) is 5.32 Å². The molecule has 0 saturated carbocycles. The summed E-state index contributed by atoms with van der Waals surface area (Å²) < 4.78 is 9.66. The number of nitrogens with one attached hydrogen (secondary N) is 1. The highest BCUT2D eigenvalue weighted by atomic mass is 32.1. The SMILES string of the molecule is COC(=O)c1c(NC(=O)c2ccc([N+](=O)[O-])cc2)sc2c1[C@@H](C(=O)OC)CC2. The van der Waals surface area contributed by atoms with Gasteiger partial charge in [0.1, 0.15) is 5.00 Å². The van der Waals surface area contributed by atoms with Crippen molar-refractivity contribution < 1.29 is 28.8 Å². The molecule has 1 amide bonds. The minimum absolute atomic E-state index is 0.136. The number of benzene rings is 1. The van der Waals surface area contributed by atoms with Gasteiger partial charge in [-0.25, -0.2) is 4.79 Å². The molecule has 0 fully saturated rings. The Morgan fingerprint density at radius 2 is 1.86 bits per heavy atom. The molecule has 28 heavy (non-hydrogen) atoms. The number of nitro benzene ring substituents is 1. The maximum Gasteiger partial charge on any atom is 0.341 e. The summed E-state index contributed by atoms with van der Waals surface area (Å²) in [5, 5.41) is 13.7. The summed E-state index contributed by atoms with van der Waals surface area (Å²) in [4.78, 5) is 47.9. The second kappa shape index (κ2) is 7.77. The quantitative estimate of drug-likeness (QED) is 0.461. The predicted molar refractivity (Wildman–Crippen MR) is 99.8 cm³/mol. The number of aryl methyl sites for hydroxylation is 1. The summed E-state index contributed by atoms with van der Waals surface area (Å²) in [7, 11) is 2.50. The third kappa shape index (κ3) is 3.46. The first-order valence-corrected chi connectivity index (χ1v) is 9.06. The van der Waals surface area contributed by atoms with E-state index < -0.39 is 28.7 Å². The van der Waals surface area contributed by atoms with Crippen molar-refractivity contribution in [2.45, 2.75) is 18.8 Å². The van der Waals surface area contributed by atoms with E-state index in [1.807, 2.05) is 0 Å². The predicted octanol–water partition coefficient (Wildman–Crippen LogP) is 2.90. The van der Waals surface area contributed by atoms with Crippen LogP contribution < -0.4 is 5.32 Å². The summed E-state index contributed by atoms with van der Waals surface area (Å²) in [6, 6.07) is 5.09. The molecule has 146 valence electrons. The number of nitro groups is 1. The van der Waals surface area contributed by atoms with E-state index in [0.29, 0.717) is 18.4 Å². The molecule has 1 heterocycles. The van der Waals surface area contributed by atoms with Crippen LogP contribution in [0.15, 0.2) is 24.3 Å². The normalized spacial score (nSPS) is 14.9. The van der Waals surface area contributed by atoms with Gasteiger partial charge in [0.05, 0.1) is 30.6 Å². The fourth-order valence-corrected chi connectivity index (χ4v) is 4.41. The van der Waals surface area contributed by atoms with Gasteiger partial charge in [0.2, 0.25) is 0 Å². The number of hydrogen-bond acceptors (Lipinski definition) is 8. The fourth-order valence-electron chi connectivity index (χ4n) is 3.15. The molecule has 0 aliphatic heterocycles. The Morgan fingerprint density at radius 3 is 2.43 bits per heavy atom. The molecule has 0 spiro atoms. The summed E-state index contributed by atoms with van der Waals surface area (Å²) in [5.41, 5.74) is 0.732. The van der Waals surface area contributed by atoms with Crippen LogP contribution in [-0.2, 0) is 20.7 Å². The number of hydrogen-bond donors (Lipinski definition) is 1. The maximum absolute atomic E-state index is 12.5. The zero-order valence-electron chi connectivity index (χ0n) is 15.0. The number of nitrogens with zero attached hydrogens (tertiary/aromatic N) is 1. The molecule has 1 N–H and O–H groups in total. The molecule has 9 nitrogen and oxygen atoms in total. The molecule has 0 radical (unpaired) electrons. The van der Waals surface area contributed by atoms with Gasteiger partial charge in [0.15, 0.2) is 0 Å². The second-order valence-corrected chi connectivity index (χ2v) is 7.11. The molecular formula is C18H16N2O7S. The first kappa shape index (κ1) is 19.5.